The summed E-state index contributed by atoms with van der Waals surface area (Å²) >= 11 is 0. The molecule has 1 aromatic rings. The molecule has 0 aliphatic carbocycles. The lowest BCUT2D eigenvalue weighted by Crippen LogP contribution is -2.34. The summed E-state index contributed by atoms with van der Waals surface area (Å²) in [5.41, 5.74) is 0.525. The molecule has 1 saturated heterocycles. The van der Waals surface area contributed by atoms with Crippen LogP contribution in [0.15, 0.2) is 24.3 Å². The first-order valence-corrected chi connectivity index (χ1v) is 7.38. The Balaban J connectivity index is 1.82. The highest BCUT2D eigenvalue weighted by Crippen LogP contribution is 2.18. The second-order valence-electron chi connectivity index (χ2n) is 5.55. The second kappa shape index (κ2) is 7.79. The fourth-order valence-corrected chi connectivity index (χ4v) is 2.48. The van der Waals surface area contributed by atoms with E-state index in [1.165, 1.54) is 0 Å². The minimum atomic E-state index is -1.04. The van der Waals surface area contributed by atoms with Crippen LogP contribution in [0.4, 0.5) is 0 Å². The summed E-state index contributed by atoms with van der Waals surface area (Å²) < 4.78 is 10.4. The van der Waals surface area contributed by atoms with Gasteiger partial charge in [-0.05, 0) is 49.9 Å². The van der Waals surface area contributed by atoms with Gasteiger partial charge in [-0.1, -0.05) is 0 Å². The molecular formula is C16H21NO5. The van der Waals surface area contributed by atoms with Crippen LogP contribution >= 0.6 is 0 Å². The van der Waals surface area contributed by atoms with E-state index in [1.54, 1.807) is 24.3 Å². The Bertz CT molecular complexity index is 508. The number of hydrogen-bond donors (Lipinski definition) is 2. The third-order valence-electron chi connectivity index (χ3n) is 3.57. The van der Waals surface area contributed by atoms with Crippen LogP contribution in [-0.2, 0) is 9.53 Å². The zero-order chi connectivity index (χ0) is 15.9. The van der Waals surface area contributed by atoms with E-state index in [4.69, 9.17) is 14.6 Å². The first-order chi connectivity index (χ1) is 10.5. The molecule has 2 rings (SSSR count). The van der Waals surface area contributed by atoms with E-state index < -0.39 is 12.6 Å². The van der Waals surface area contributed by atoms with Gasteiger partial charge in [-0.15, -0.1) is 0 Å². The Morgan fingerprint density at radius 1 is 1.41 bits per heavy atom. The van der Waals surface area contributed by atoms with Gasteiger partial charge in [0.1, 0.15) is 5.75 Å². The third-order valence-corrected chi connectivity index (χ3v) is 3.57. The molecule has 1 amide bonds. The van der Waals surface area contributed by atoms with Crippen LogP contribution < -0.4 is 10.1 Å². The predicted octanol–water partition coefficient (Wildman–Crippen LogP) is 1.69. The van der Waals surface area contributed by atoms with Crippen LogP contribution in [-0.4, -0.2) is 42.8 Å². The van der Waals surface area contributed by atoms with Crippen LogP contribution in [0.5, 0.6) is 5.75 Å². The molecule has 6 nitrogen and oxygen atoms in total. The van der Waals surface area contributed by atoms with Crippen LogP contribution in [0.1, 0.15) is 30.1 Å². The summed E-state index contributed by atoms with van der Waals surface area (Å²) in [4.78, 5) is 22.5. The lowest BCUT2D eigenvalue weighted by atomic mass is 10.00. The van der Waals surface area contributed by atoms with Crippen molar-refractivity contribution in [3.05, 3.63) is 29.8 Å². The summed E-state index contributed by atoms with van der Waals surface area (Å²) in [6.07, 6.45) is 1.96. The highest BCUT2D eigenvalue weighted by Gasteiger charge is 2.19. The number of carbonyl (C=O) groups excluding carboxylic acids is 1. The van der Waals surface area contributed by atoms with E-state index in [0.717, 1.165) is 26.1 Å². The SMILES string of the molecule is CC(CC1CCOC1)NC(=O)c1ccc(OCC(=O)O)cc1. The van der Waals surface area contributed by atoms with Gasteiger partial charge >= 0.3 is 5.97 Å². The summed E-state index contributed by atoms with van der Waals surface area (Å²) in [7, 11) is 0. The lowest BCUT2D eigenvalue weighted by molar-refractivity contribution is -0.139. The van der Waals surface area contributed by atoms with Crippen molar-refractivity contribution < 1.29 is 24.2 Å². The van der Waals surface area contributed by atoms with Gasteiger partial charge in [0.25, 0.3) is 5.91 Å². The molecule has 0 aromatic heterocycles. The number of amides is 1. The molecule has 2 unspecified atom stereocenters. The zero-order valence-corrected chi connectivity index (χ0v) is 12.6. The molecular weight excluding hydrogens is 286 g/mol. The van der Waals surface area contributed by atoms with Gasteiger partial charge < -0.3 is 19.9 Å². The minimum absolute atomic E-state index is 0.0853. The highest BCUT2D eigenvalue weighted by atomic mass is 16.5. The van der Waals surface area contributed by atoms with Crippen molar-refractivity contribution in [2.45, 2.75) is 25.8 Å². The number of carboxylic acids is 1. The number of carbonyl (C=O) groups is 2. The molecule has 0 saturated carbocycles. The van der Waals surface area contributed by atoms with Crippen LogP contribution in [0, 0.1) is 5.92 Å². The number of hydrogen-bond acceptors (Lipinski definition) is 4. The van der Waals surface area contributed by atoms with Gasteiger partial charge in [0, 0.05) is 24.8 Å². The van der Waals surface area contributed by atoms with E-state index in [9.17, 15) is 9.59 Å². The molecule has 2 N–H and O–H groups in total. The molecule has 120 valence electrons. The topological polar surface area (TPSA) is 84.9 Å². The van der Waals surface area contributed by atoms with Crippen molar-refractivity contribution in [1.82, 2.24) is 5.32 Å². The fraction of sp³-hybridized carbons (Fsp3) is 0.500. The van der Waals surface area contributed by atoms with Gasteiger partial charge in [-0.2, -0.15) is 0 Å². The van der Waals surface area contributed by atoms with Gasteiger partial charge in [-0.25, -0.2) is 4.79 Å². The molecule has 1 heterocycles. The maximum Gasteiger partial charge on any atom is 0.341 e. The molecule has 1 aliphatic heterocycles. The molecule has 6 heteroatoms. The third kappa shape index (κ3) is 5.04. The lowest BCUT2D eigenvalue weighted by Gasteiger charge is -2.17. The number of carboxylic acid groups (broad SMARTS) is 1. The van der Waals surface area contributed by atoms with Gasteiger partial charge in [0.05, 0.1) is 0 Å². The molecule has 0 bridgehead atoms. The summed E-state index contributed by atoms with van der Waals surface area (Å²) in [6, 6.07) is 6.51. The Morgan fingerprint density at radius 2 is 2.14 bits per heavy atom. The monoisotopic (exact) mass is 307 g/mol. The van der Waals surface area contributed by atoms with Gasteiger partial charge in [-0.3, -0.25) is 4.79 Å². The maximum absolute atomic E-state index is 12.1. The van der Waals surface area contributed by atoms with Crippen molar-refractivity contribution in [3.63, 3.8) is 0 Å². The Labute approximate surface area is 129 Å². The number of nitrogens with one attached hydrogen (secondary N) is 1. The zero-order valence-electron chi connectivity index (χ0n) is 12.6. The average Bonchev–Trinajstić information content (AvgIpc) is 2.98. The van der Waals surface area contributed by atoms with Crippen molar-refractivity contribution >= 4 is 11.9 Å². The molecule has 1 fully saturated rings. The molecule has 1 aliphatic rings. The first kappa shape index (κ1) is 16.3. The Morgan fingerprint density at radius 3 is 2.73 bits per heavy atom. The summed E-state index contributed by atoms with van der Waals surface area (Å²) in [5.74, 6) is -0.236. The molecule has 1 aromatic carbocycles. The van der Waals surface area contributed by atoms with E-state index in [2.05, 4.69) is 5.32 Å². The second-order valence-corrected chi connectivity index (χ2v) is 5.55. The quantitative estimate of drug-likeness (QED) is 0.801. The van der Waals surface area contributed by atoms with Gasteiger partial charge in [0.15, 0.2) is 6.61 Å². The van der Waals surface area contributed by atoms with Crippen LogP contribution in [0.25, 0.3) is 0 Å². The van der Waals surface area contributed by atoms with Crippen molar-refractivity contribution in [3.8, 4) is 5.75 Å². The fourth-order valence-electron chi connectivity index (χ4n) is 2.48. The number of ether oxygens (including phenoxy) is 2. The molecule has 22 heavy (non-hydrogen) atoms. The van der Waals surface area contributed by atoms with E-state index >= 15 is 0 Å². The normalized spacial score (nSPS) is 18.7. The molecule has 0 spiro atoms. The van der Waals surface area contributed by atoms with Crippen molar-refractivity contribution in [2.75, 3.05) is 19.8 Å². The Hall–Kier alpha value is -2.08. The molecule has 2 atom stereocenters. The maximum atomic E-state index is 12.1. The van der Waals surface area contributed by atoms with E-state index in [0.29, 0.717) is 17.2 Å². The van der Waals surface area contributed by atoms with Crippen LogP contribution in [0.2, 0.25) is 0 Å². The minimum Gasteiger partial charge on any atom is -0.482 e. The van der Waals surface area contributed by atoms with Crippen LogP contribution in [0.3, 0.4) is 0 Å². The van der Waals surface area contributed by atoms with E-state index in [-0.39, 0.29) is 11.9 Å². The highest BCUT2D eigenvalue weighted by molar-refractivity contribution is 5.94. The smallest absolute Gasteiger partial charge is 0.341 e. The first-order valence-electron chi connectivity index (χ1n) is 7.38. The predicted molar refractivity (Wildman–Crippen MR) is 80.0 cm³/mol. The van der Waals surface area contributed by atoms with Crippen molar-refractivity contribution in [2.24, 2.45) is 5.92 Å². The molecule has 0 radical (unpaired) electrons. The Kier molecular flexibility index (Phi) is 5.77. The van der Waals surface area contributed by atoms with Crippen molar-refractivity contribution in [1.29, 1.82) is 0 Å². The number of aliphatic carboxylic acids is 1. The summed E-state index contributed by atoms with van der Waals surface area (Å²) in [5, 5.41) is 11.5. The number of rotatable bonds is 7. The largest absolute Gasteiger partial charge is 0.482 e. The summed E-state index contributed by atoms with van der Waals surface area (Å²) in [6.45, 7) is 3.17. The standard InChI is InChI=1S/C16H21NO5/c1-11(8-12-6-7-21-9-12)17-16(20)13-2-4-14(5-3-13)22-10-15(18)19/h2-5,11-12H,6-10H2,1H3,(H,17,20)(H,18,19). The van der Waals surface area contributed by atoms with E-state index in [1.807, 2.05) is 6.92 Å². The average molecular weight is 307 g/mol. The van der Waals surface area contributed by atoms with Gasteiger partial charge in [0.2, 0.25) is 0 Å². The number of benzene rings is 1.